The molecule has 6 nitrogen and oxygen atoms in total. The molecule has 0 radical (unpaired) electrons. The number of nitrogens with zero attached hydrogens (tertiary/aromatic N) is 2. The first-order chi connectivity index (χ1) is 15.7. The van der Waals surface area contributed by atoms with Crippen molar-refractivity contribution in [3.05, 3.63) is 84.2 Å². The minimum absolute atomic E-state index is 0.00420. The molecule has 0 atom stereocenters. The number of rotatable bonds is 4. The fourth-order valence-electron chi connectivity index (χ4n) is 2.95. The molecule has 1 aromatic heterocycles. The Morgan fingerprint density at radius 1 is 0.788 bits per heavy atom. The normalized spacial score (nSPS) is 11.3. The molecule has 0 spiro atoms. The number of hydrogen-bond acceptors (Lipinski definition) is 4. The first-order valence-corrected chi connectivity index (χ1v) is 9.31. The number of carbonyl (C=O) groups is 1. The van der Waals surface area contributed by atoms with E-state index in [1.807, 2.05) is 0 Å². The van der Waals surface area contributed by atoms with Gasteiger partial charge in [0, 0.05) is 42.0 Å². The van der Waals surface area contributed by atoms with Gasteiger partial charge < -0.3 is 15.4 Å². The first-order valence-electron chi connectivity index (χ1n) is 9.31. The van der Waals surface area contributed by atoms with Crippen LogP contribution in [-0.2, 0) is 6.18 Å². The molecule has 3 aromatic carbocycles. The zero-order valence-corrected chi connectivity index (χ0v) is 16.5. The van der Waals surface area contributed by atoms with Gasteiger partial charge in [-0.05, 0) is 36.4 Å². The molecule has 0 saturated carbocycles. The quantitative estimate of drug-likeness (QED) is 0.348. The van der Waals surface area contributed by atoms with Crippen LogP contribution in [0.3, 0.4) is 0 Å². The highest BCUT2D eigenvalue weighted by molar-refractivity contribution is 5.99. The number of hydrogen-bond donors (Lipinski definition) is 2. The highest BCUT2D eigenvalue weighted by Gasteiger charge is 2.34. The van der Waals surface area contributed by atoms with Gasteiger partial charge in [-0.15, -0.1) is 0 Å². The molecule has 0 aliphatic rings. The lowest BCUT2D eigenvalue weighted by Gasteiger charge is -2.12. The van der Waals surface area contributed by atoms with Gasteiger partial charge in [0.2, 0.25) is 0 Å². The molecule has 2 amide bonds. The van der Waals surface area contributed by atoms with Crippen LogP contribution in [0.1, 0.15) is 5.56 Å². The van der Waals surface area contributed by atoms with Gasteiger partial charge in [0.1, 0.15) is 23.1 Å². The Morgan fingerprint density at radius 3 is 2.24 bits per heavy atom. The van der Waals surface area contributed by atoms with Crippen molar-refractivity contribution in [2.75, 3.05) is 10.6 Å². The molecular weight excluding hydrogens is 447 g/mol. The lowest BCUT2D eigenvalue weighted by atomic mass is 10.2. The molecule has 168 valence electrons. The van der Waals surface area contributed by atoms with E-state index < -0.39 is 29.4 Å². The van der Waals surface area contributed by atoms with E-state index in [0.29, 0.717) is 28.9 Å². The summed E-state index contributed by atoms with van der Waals surface area (Å²) in [6, 6.07) is 9.33. The monoisotopic (exact) mass is 460 g/mol. The number of urea groups is 1. The maximum Gasteiger partial charge on any atom is 0.419 e. The summed E-state index contributed by atoms with van der Waals surface area (Å²) in [5.74, 6) is -1.84. The third-order valence-corrected chi connectivity index (χ3v) is 4.34. The number of nitrogens with one attached hydrogen (secondary N) is 2. The molecule has 0 aliphatic heterocycles. The van der Waals surface area contributed by atoms with Gasteiger partial charge in [0.25, 0.3) is 0 Å². The zero-order chi connectivity index (χ0) is 23.6. The van der Waals surface area contributed by atoms with Gasteiger partial charge in [0.05, 0.1) is 16.6 Å². The number of anilines is 2. The number of alkyl halides is 3. The van der Waals surface area contributed by atoms with E-state index >= 15 is 0 Å². The van der Waals surface area contributed by atoms with Crippen LogP contribution in [0.2, 0.25) is 0 Å². The molecule has 0 saturated heterocycles. The van der Waals surface area contributed by atoms with Gasteiger partial charge in [0.15, 0.2) is 0 Å². The van der Waals surface area contributed by atoms with Crippen LogP contribution in [0.4, 0.5) is 38.1 Å². The van der Waals surface area contributed by atoms with Crippen LogP contribution in [0.5, 0.6) is 11.5 Å². The van der Waals surface area contributed by atoms with E-state index in [2.05, 4.69) is 20.6 Å². The van der Waals surface area contributed by atoms with Crippen molar-refractivity contribution in [2.45, 2.75) is 6.18 Å². The lowest BCUT2D eigenvalue weighted by molar-refractivity contribution is -0.139. The largest absolute Gasteiger partial charge is 0.457 e. The molecule has 2 N–H and O–H groups in total. The molecule has 0 unspecified atom stereocenters. The van der Waals surface area contributed by atoms with Crippen LogP contribution in [0.15, 0.2) is 67.0 Å². The number of amides is 2. The second kappa shape index (κ2) is 8.69. The van der Waals surface area contributed by atoms with Crippen molar-refractivity contribution >= 4 is 28.4 Å². The average molecular weight is 460 g/mol. The smallest absolute Gasteiger partial charge is 0.419 e. The highest BCUT2D eigenvalue weighted by Crippen LogP contribution is 2.32. The van der Waals surface area contributed by atoms with E-state index in [9.17, 15) is 26.7 Å². The highest BCUT2D eigenvalue weighted by atomic mass is 19.4. The summed E-state index contributed by atoms with van der Waals surface area (Å²) in [5.41, 5.74) is -0.477. The van der Waals surface area contributed by atoms with Crippen LogP contribution in [0, 0.1) is 11.6 Å². The SMILES string of the molecule is O=C(Nc1cc(F)cc(Oc2ccc3nccnc3c2)c1)Nc1ccc(C(F)(F)F)c(F)c1. The van der Waals surface area contributed by atoms with Gasteiger partial charge in [-0.2, -0.15) is 13.2 Å². The van der Waals surface area contributed by atoms with Gasteiger partial charge in [-0.1, -0.05) is 0 Å². The Kier molecular flexibility index (Phi) is 5.78. The summed E-state index contributed by atoms with van der Waals surface area (Å²) in [6.07, 6.45) is -1.81. The number of aromatic nitrogens is 2. The Hall–Kier alpha value is -4.28. The van der Waals surface area contributed by atoms with Crippen molar-refractivity contribution in [3.8, 4) is 11.5 Å². The Labute approximate surface area is 183 Å². The van der Waals surface area contributed by atoms with E-state index in [1.54, 1.807) is 18.2 Å². The molecule has 4 rings (SSSR count). The second-order valence-electron chi connectivity index (χ2n) is 6.76. The van der Waals surface area contributed by atoms with Crippen LogP contribution in [-0.4, -0.2) is 16.0 Å². The summed E-state index contributed by atoms with van der Waals surface area (Å²) in [7, 11) is 0. The standard InChI is InChI=1S/C22H13F5N4O2/c23-12-7-14(31-21(32)30-13-1-3-17(18(24)10-13)22(25,26)27)9-16(8-12)33-15-2-4-19-20(11-15)29-6-5-28-19/h1-11H,(H2,30,31,32). The maximum absolute atomic E-state index is 14.0. The van der Waals surface area contributed by atoms with Gasteiger partial charge >= 0.3 is 12.2 Å². The molecule has 0 bridgehead atoms. The fourth-order valence-corrected chi connectivity index (χ4v) is 2.95. The number of ether oxygens (including phenoxy) is 1. The number of halogens is 5. The van der Waals surface area contributed by atoms with Gasteiger partial charge in [-0.3, -0.25) is 9.97 Å². The van der Waals surface area contributed by atoms with Crippen LogP contribution < -0.4 is 15.4 Å². The molecule has 33 heavy (non-hydrogen) atoms. The third-order valence-electron chi connectivity index (χ3n) is 4.34. The first kappa shape index (κ1) is 21.9. The second-order valence-corrected chi connectivity index (χ2v) is 6.76. The third kappa shape index (κ3) is 5.32. The number of fused-ring (bicyclic) bond motifs is 1. The summed E-state index contributed by atoms with van der Waals surface area (Å²) in [6.45, 7) is 0. The topological polar surface area (TPSA) is 76.1 Å². The van der Waals surface area contributed by atoms with E-state index in [4.69, 9.17) is 4.74 Å². The Bertz CT molecular complexity index is 1340. The molecule has 1 heterocycles. The predicted octanol–water partition coefficient (Wildman–Crippen LogP) is 6.36. The van der Waals surface area contributed by atoms with Crippen molar-refractivity contribution in [1.82, 2.24) is 9.97 Å². The number of benzene rings is 3. The minimum Gasteiger partial charge on any atom is -0.457 e. The average Bonchev–Trinajstić information content (AvgIpc) is 2.72. The summed E-state index contributed by atoms with van der Waals surface area (Å²) < 4.78 is 71.3. The van der Waals surface area contributed by atoms with Crippen molar-refractivity contribution in [3.63, 3.8) is 0 Å². The van der Waals surface area contributed by atoms with Crippen molar-refractivity contribution in [1.29, 1.82) is 0 Å². The summed E-state index contributed by atoms with van der Waals surface area (Å²) in [5, 5.41) is 4.50. The number of carbonyl (C=O) groups excluding carboxylic acids is 1. The molecule has 0 aliphatic carbocycles. The molecule has 0 fully saturated rings. The van der Waals surface area contributed by atoms with Crippen LogP contribution >= 0.6 is 0 Å². The Balaban J connectivity index is 1.47. The molecule has 4 aromatic rings. The van der Waals surface area contributed by atoms with E-state index in [-0.39, 0.29) is 17.1 Å². The summed E-state index contributed by atoms with van der Waals surface area (Å²) >= 11 is 0. The van der Waals surface area contributed by atoms with Crippen LogP contribution in [0.25, 0.3) is 11.0 Å². The molecular formula is C22H13F5N4O2. The van der Waals surface area contributed by atoms with E-state index in [0.717, 1.165) is 18.2 Å². The van der Waals surface area contributed by atoms with E-state index in [1.165, 1.54) is 18.5 Å². The fraction of sp³-hybridized carbons (Fsp3) is 0.0455. The zero-order valence-electron chi connectivity index (χ0n) is 16.5. The summed E-state index contributed by atoms with van der Waals surface area (Å²) in [4.78, 5) is 20.4. The molecule has 11 heteroatoms. The minimum atomic E-state index is -4.86. The van der Waals surface area contributed by atoms with Crippen molar-refractivity contribution in [2.24, 2.45) is 0 Å². The lowest BCUT2D eigenvalue weighted by Crippen LogP contribution is -2.20. The Morgan fingerprint density at radius 2 is 1.52 bits per heavy atom. The van der Waals surface area contributed by atoms with Crippen molar-refractivity contribution < 1.29 is 31.5 Å². The predicted molar refractivity (Wildman–Crippen MR) is 110 cm³/mol. The van der Waals surface area contributed by atoms with Gasteiger partial charge in [-0.25, -0.2) is 13.6 Å². The maximum atomic E-state index is 14.0.